The molecule has 0 N–H and O–H groups in total. The first-order valence-corrected chi connectivity index (χ1v) is 13.8. The van der Waals surface area contributed by atoms with Gasteiger partial charge in [0.25, 0.3) is 0 Å². The van der Waals surface area contributed by atoms with Gasteiger partial charge in [0.15, 0.2) is 0 Å². The van der Waals surface area contributed by atoms with Gasteiger partial charge in [-0.05, 0) is 40.4 Å². The fourth-order valence-corrected chi connectivity index (χ4v) is 6.01. The van der Waals surface area contributed by atoms with Crippen LogP contribution in [0.15, 0.2) is 97.5 Å². The Balaban J connectivity index is 0.000000384. The van der Waals surface area contributed by atoms with Gasteiger partial charge in [-0.2, -0.15) is 0 Å². The number of hydrogen-bond donors (Lipinski definition) is 0. The quantitative estimate of drug-likeness (QED) is 0.220. The molecule has 0 saturated carbocycles. The van der Waals surface area contributed by atoms with Crippen LogP contribution in [-0.2, 0) is 0 Å². The van der Waals surface area contributed by atoms with E-state index >= 15 is 0 Å². The molecule has 0 spiro atoms. The van der Waals surface area contributed by atoms with Crippen LogP contribution in [0, 0.1) is 0 Å². The molecule has 1 aromatic carbocycles. The van der Waals surface area contributed by atoms with Crippen LogP contribution in [0.3, 0.4) is 0 Å². The van der Waals surface area contributed by atoms with E-state index in [0.29, 0.717) is 0 Å². The molecule has 0 radical (unpaired) electrons. The van der Waals surface area contributed by atoms with E-state index in [9.17, 15) is 25.2 Å². The van der Waals surface area contributed by atoms with Crippen LogP contribution in [0.5, 0.6) is 0 Å². The third-order valence-corrected chi connectivity index (χ3v) is 7.57. The molecule has 5 aromatic rings. The second-order valence-electron chi connectivity index (χ2n) is 7.16. The van der Waals surface area contributed by atoms with Crippen molar-refractivity contribution in [2.45, 2.75) is 0 Å². The molecule has 0 bridgehead atoms. The van der Waals surface area contributed by atoms with Gasteiger partial charge in [-0.1, -0.05) is 30.3 Å². The molecule has 0 unspecified atom stereocenters. The van der Waals surface area contributed by atoms with E-state index in [4.69, 9.17) is 4.62 Å². The predicted molar refractivity (Wildman–Crippen MR) is 126 cm³/mol. The monoisotopic (exact) mass is 544 g/mol. The summed E-state index contributed by atoms with van der Waals surface area (Å²) in [6, 6.07) is 24.9. The fraction of sp³-hybridized carbons (Fsp3) is 0. The number of benzene rings is 1. The largest absolute Gasteiger partial charge is 0.376 e. The van der Waals surface area contributed by atoms with E-state index in [1.807, 2.05) is 78.9 Å². The van der Waals surface area contributed by atoms with Crippen LogP contribution in [0.25, 0.3) is 11.0 Å². The minimum atomic E-state index is -10.7. The Morgan fingerprint density at radius 2 is 1.03 bits per heavy atom. The molecule has 4 aromatic heterocycles. The van der Waals surface area contributed by atoms with Crippen molar-refractivity contribution in [3.05, 3.63) is 97.5 Å². The van der Waals surface area contributed by atoms with Crippen molar-refractivity contribution in [2.24, 2.45) is 0 Å². The summed E-state index contributed by atoms with van der Waals surface area (Å²) < 4.78 is 65.9. The van der Waals surface area contributed by atoms with E-state index in [0.717, 1.165) is 27.3 Å². The van der Waals surface area contributed by atoms with E-state index < -0.39 is 15.3 Å². The second kappa shape index (κ2) is 8.76. The van der Waals surface area contributed by atoms with Crippen molar-refractivity contribution in [1.29, 1.82) is 0 Å². The van der Waals surface area contributed by atoms with Gasteiger partial charge in [-0.15, -0.1) is 5.10 Å². The maximum atomic E-state index is 9.87. The first-order valence-electron chi connectivity index (χ1n) is 10.0. The van der Waals surface area contributed by atoms with Gasteiger partial charge in [0.05, 0.1) is 0 Å². The van der Waals surface area contributed by atoms with Crippen molar-refractivity contribution in [2.75, 3.05) is 0 Å². The van der Waals surface area contributed by atoms with Crippen LogP contribution in [0.2, 0.25) is 0 Å². The Labute approximate surface area is 200 Å². The number of hydrogen-bond acceptors (Lipinski definition) is 6. The third kappa shape index (κ3) is 6.50. The molecule has 0 aliphatic rings. The number of rotatable bonds is 5. The molecule has 4 heterocycles. The molecule has 0 amide bonds. The van der Waals surface area contributed by atoms with Crippen LogP contribution in [0.1, 0.15) is 0 Å². The number of fused-ring (bicyclic) bond motifs is 1. The SMILES string of the molecule is F[P-](F)(F)(F)(F)F.c1ccc([P+](On2nnc3ccccc32)(c2ccccn2)c2ccccn2)nc1. The van der Waals surface area contributed by atoms with Crippen molar-refractivity contribution in [3.63, 3.8) is 0 Å². The van der Waals surface area contributed by atoms with E-state index in [-0.39, 0.29) is 0 Å². The Bertz CT molecular complexity index is 1350. The predicted octanol–water partition coefficient (Wildman–Crippen LogP) is 5.34. The van der Waals surface area contributed by atoms with E-state index in [2.05, 4.69) is 25.3 Å². The van der Waals surface area contributed by atoms with E-state index in [1.165, 1.54) is 4.85 Å². The van der Waals surface area contributed by atoms with Crippen LogP contribution in [-0.4, -0.2) is 30.1 Å². The van der Waals surface area contributed by atoms with E-state index in [1.54, 1.807) is 18.6 Å². The topological polar surface area (TPSA) is 78.6 Å². The molecule has 36 heavy (non-hydrogen) atoms. The number of para-hydroxylation sites is 1. The van der Waals surface area contributed by atoms with Gasteiger partial charge < -0.3 is 0 Å². The molecule has 0 fully saturated rings. The molecule has 5 rings (SSSR count). The number of pyridine rings is 3. The third-order valence-electron chi connectivity index (χ3n) is 4.44. The molecular weight excluding hydrogens is 528 g/mol. The van der Waals surface area contributed by atoms with Gasteiger partial charge in [-0.25, -0.2) is 19.6 Å². The zero-order chi connectivity index (χ0) is 25.9. The smallest absolute Gasteiger partial charge is 0.222 e. The number of nitrogens with zero attached hydrogens (tertiary/aromatic N) is 6. The molecule has 7 nitrogen and oxygen atoms in total. The molecule has 0 aliphatic heterocycles. The van der Waals surface area contributed by atoms with Crippen molar-refractivity contribution in [3.8, 4) is 0 Å². The van der Waals surface area contributed by atoms with Gasteiger partial charge in [-0.3, -0.25) is 0 Å². The average Bonchev–Trinajstić information content (AvgIpc) is 3.25. The Morgan fingerprint density at radius 3 is 1.44 bits per heavy atom. The maximum Gasteiger partial charge on any atom is 0.376 e. The minimum absolute atomic E-state index is 0.744. The maximum absolute atomic E-state index is 10.7. The Morgan fingerprint density at radius 1 is 0.611 bits per heavy atom. The van der Waals surface area contributed by atoms with Gasteiger partial charge in [0, 0.05) is 36.8 Å². The molecule has 0 aliphatic carbocycles. The summed E-state index contributed by atoms with van der Waals surface area (Å²) in [5.74, 6) is 0. The first kappa shape index (κ1) is 25.4. The Hall–Kier alpha value is -3.69. The standard InChI is InChI=1S/C21H16N6OP.F6P/c1-2-10-18-17(9-1)25-26-27(18)28-29(19-11-3-6-14-22-19,20-12-4-7-15-23-20)21-13-5-8-16-24-21;1-7(2,3,4,5)6/h1-16H;/q+1;-1. The zero-order valence-electron chi connectivity index (χ0n) is 18.0. The van der Waals surface area contributed by atoms with Crippen LogP contribution >= 0.6 is 15.3 Å². The summed E-state index contributed by atoms with van der Waals surface area (Å²) in [5, 5.41) is 8.47. The van der Waals surface area contributed by atoms with Crippen LogP contribution < -0.4 is 20.9 Å². The Kier molecular flexibility index (Phi) is 6.18. The molecule has 0 saturated heterocycles. The van der Waals surface area contributed by atoms with Gasteiger partial charge in [0.1, 0.15) is 11.0 Å². The first-order chi connectivity index (χ1) is 16.8. The number of halogens is 6. The molecular formula is C21H16F6N6OP2. The molecule has 0 atom stereocenters. The molecule has 15 heteroatoms. The average molecular weight is 544 g/mol. The van der Waals surface area contributed by atoms with Crippen molar-refractivity contribution >= 4 is 42.6 Å². The van der Waals surface area contributed by atoms with Gasteiger partial charge in [0.2, 0.25) is 16.3 Å². The summed E-state index contributed by atoms with van der Waals surface area (Å²) in [6.45, 7) is 0. The van der Waals surface area contributed by atoms with Gasteiger partial charge >= 0.3 is 40.5 Å². The van der Waals surface area contributed by atoms with Crippen LogP contribution in [0.4, 0.5) is 25.2 Å². The summed E-state index contributed by atoms with van der Waals surface area (Å²) >= 11 is 0. The summed E-state index contributed by atoms with van der Waals surface area (Å²) in [6.07, 6.45) is 5.25. The van der Waals surface area contributed by atoms with Crippen molar-refractivity contribution < 1.29 is 29.8 Å². The summed E-state index contributed by atoms with van der Waals surface area (Å²) in [5.41, 5.74) is 3.75. The normalized spacial score (nSPS) is 13.7. The zero-order valence-corrected chi connectivity index (χ0v) is 19.8. The second-order valence-corrected chi connectivity index (χ2v) is 11.8. The summed E-state index contributed by atoms with van der Waals surface area (Å²) in [4.78, 5) is 15.4. The molecule has 188 valence electrons. The van der Waals surface area contributed by atoms with Crippen molar-refractivity contribution in [1.82, 2.24) is 30.1 Å². The summed E-state index contributed by atoms with van der Waals surface area (Å²) in [7, 11) is -13.5. The fourth-order valence-electron chi connectivity index (χ4n) is 3.12. The number of aromatic nitrogens is 6. The minimum Gasteiger partial charge on any atom is -0.222 e.